The van der Waals surface area contributed by atoms with Gasteiger partial charge in [-0.2, -0.15) is 0 Å². The molecule has 2 N–H and O–H groups in total. The Morgan fingerprint density at radius 2 is 1.81 bits per heavy atom. The van der Waals surface area contributed by atoms with Gasteiger partial charge in [-0.15, -0.1) is 0 Å². The molecule has 5 heteroatoms. The highest BCUT2D eigenvalue weighted by atomic mass is 16.6. The highest BCUT2D eigenvalue weighted by molar-refractivity contribution is 5.67. The molecule has 0 spiro atoms. The molecule has 21 heavy (non-hydrogen) atoms. The standard InChI is InChI=1S/C16H26N2O3/c1-16(2,3)21-15(19)18-10-9-13-5-7-14(8-6-13)17-11-12-20-4/h5-8,17H,9-12H2,1-4H3,(H,18,19). The van der Waals surface area contributed by atoms with Gasteiger partial charge in [-0.05, 0) is 44.9 Å². The van der Waals surface area contributed by atoms with Crippen LogP contribution in [-0.2, 0) is 15.9 Å². The van der Waals surface area contributed by atoms with Gasteiger partial charge in [0.15, 0.2) is 0 Å². The lowest BCUT2D eigenvalue weighted by Gasteiger charge is -2.19. The highest BCUT2D eigenvalue weighted by Crippen LogP contribution is 2.10. The quantitative estimate of drug-likeness (QED) is 0.759. The van der Waals surface area contributed by atoms with Crippen LogP contribution in [0.5, 0.6) is 0 Å². The summed E-state index contributed by atoms with van der Waals surface area (Å²) in [5.74, 6) is 0. The highest BCUT2D eigenvalue weighted by Gasteiger charge is 2.15. The number of amides is 1. The molecule has 0 aliphatic rings. The summed E-state index contributed by atoms with van der Waals surface area (Å²) in [6, 6.07) is 8.15. The molecule has 118 valence electrons. The van der Waals surface area contributed by atoms with E-state index in [-0.39, 0.29) is 6.09 Å². The van der Waals surface area contributed by atoms with Gasteiger partial charge in [-0.3, -0.25) is 0 Å². The molecule has 1 aromatic rings. The number of ether oxygens (including phenoxy) is 2. The summed E-state index contributed by atoms with van der Waals surface area (Å²) in [7, 11) is 1.68. The van der Waals surface area contributed by atoms with Crippen LogP contribution in [0.4, 0.5) is 10.5 Å². The number of hydrogen-bond donors (Lipinski definition) is 2. The van der Waals surface area contributed by atoms with Gasteiger partial charge in [0.25, 0.3) is 0 Å². The number of nitrogens with one attached hydrogen (secondary N) is 2. The molecule has 0 aliphatic carbocycles. The normalized spacial score (nSPS) is 11.0. The summed E-state index contributed by atoms with van der Waals surface area (Å²) in [6.45, 7) is 7.58. The van der Waals surface area contributed by atoms with Crippen molar-refractivity contribution in [2.45, 2.75) is 32.8 Å². The third kappa shape index (κ3) is 8.19. The lowest BCUT2D eigenvalue weighted by molar-refractivity contribution is 0.0528. The van der Waals surface area contributed by atoms with Crippen LogP contribution in [0.1, 0.15) is 26.3 Å². The van der Waals surface area contributed by atoms with Crippen molar-refractivity contribution in [2.24, 2.45) is 0 Å². The topological polar surface area (TPSA) is 59.6 Å². The maximum atomic E-state index is 11.5. The number of methoxy groups -OCH3 is 1. The van der Waals surface area contributed by atoms with Gasteiger partial charge in [0, 0.05) is 25.9 Å². The Hall–Kier alpha value is -1.75. The molecule has 1 aromatic carbocycles. The zero-order valence-electron chi connectivity index (χ0n) is 13.4. The van der Waals surface area contributed by atoms with Gasteiger partial charge >= 0.3 is 6.09 Å². The van der Waals surface area contributed by atoms with Crippen molar-refractivity contribution in [2.75, 3.05) is 32.1 Å². The van der Waals surface area contributed by atoms with Crippen molar-refractivity contribution < 1.29 is 14.3 Å². The smallest absolute Gasteiger partial charge is 0.407 e. The second-order valence-corrected chi connectivity index (χ2v) is 5.80. The molecule has 5 nitrogen and oxygen atoms in total. The minimum absolute atomic E-state index is 0.375. The fourth-order valence-electron chi connectivity index (χ4n) is 1.71. The van der Waals surface area contributed by atoms with E-state index >= 15 is 0 Å². The van der Waals surface area contributed by atoms with Crippen LogP contribution in [0.3, 0.4) is 0 Å². The molecule has 0 aromatic heterocycles. The van der Waals surface area contributed by atoms with E-state index in [9.17, 15) is 4.79 Å². The Labute approximate surface area is 127 Å². The fraction of sp³-hybridized carbons (Fsp3) is 0.562. The lowest BCUT2D eigenvalue weighted by atomic mass is 10.1. The van der Waals surface area contributed by atoms with Gasteiger partial charge in [0.1, 0.15) is 5.60 Å². The molecule has 1 rings (SSSR count). The minimum Gasteiger partial charge on any atom is -0.444 e. The number of anilines is 1. The average molecular weight is 294 g/mol. The van der Waals surface area contributed by atoms with E-state index in [0.717, 1.165) is 18.7 Å². The Morgan fingerprint density at radius 3 is 2.38 bits per heavy atom. The van der Waals surface area contributed by atoms with Crippen LogP contribution in [0.2, 0.25) is 0 Å². The number of hydrogen-bond acceptors (Lipinski definition) is 4. The van der Waals surface area contributed by atoms with E-state index in [0.29, 0.717) is 13.2 Å². The first kappa shape index (κ1) is 17.3. The summed E-state index contributed by atoms with van der Waals surface area (Å²) in [5.41, 5.74) is 1.78. The van der Waals surface area contributed by atoms with Crippen LogP contribution < -0.4 is 10.6 Å². The largest absolute Gasteiger partial charge is 0.444 e. The van der Waals surface area contributed by atoms with Crippen molar-refractivity contribution in [3.8, 4) is 0 Å². The SMILES string of the molecule is COCCNc1ccc(CCNC(=O)OC(C)(C)C)cc1. The number of carbonyl (C=O) groups is 1. The van der Waals surface area contributed by atoms with Crippen LogP contribution in [0.25, 0.3) is 0 Å². The number of rotatable bonds is 7. The van der Waals surface area contributed by atoms with Gasteiger partial charge in [-0.1, -0.05) is 12.1 Å². The monoisotopic (exact) mass is 294 g/mol. The summed E-state index contributed by atoms with van der Waals surface area (Å²) in [4.78, 5) is 11.5. The minimum atomic E-state index is -0.459. The molecule has 0 radical (unpaired) electrons. The number of benzene rings is 1. The third-order valence-electron chi connectivity index (χ3n) is 2.67. The van der Waals surface area contributed by atoms with Crippen LogP contribution in [-0.4, -0.2) is 38.5 Å². The van der Waals surface area contributed by atoms with Gasteiger partial charge in [0.05, 0.1) is 6.61 Å². The lowest BCUT2D eigenvalue weighted by Crippen LogP contribution is -2.33. The van der Waals surface area contributed by atoms with Crippen molar-refractivity contribution >= 4 is 11.8 Å². The molecular formula is C16H26N2O3. The van der Waals surface area contributed by atoms with Gasteiger partial charge in [-0.25, -0.2) is 4.79 Å². The van der Waals surface area contributed by atoms with E-state index in [2.05, 4.69) is 10.6 Å². The molecule has 0 bridgehead atoms. The Kier molecular flexibility index (Phi) is 7.02. The first-order valence-electron chi connectivity index (χ1n) is 7.19. The van der Waals surface area contributed by atoms with Crippen LogP contribution in [0, 0.1) is 0 Å². The molecule has 0 fully saturated rings. The average Bonchev–Trinajstić information content (AvgIpc) is 2.39. The van der Waals surface area contributed by atoms with E-state index < -0.39 is 5.60 Å². The van der Waals surface area contributed by atoms with Gasteiger partial charge < -0.3 is 20.1 Å². The second kappa shape index (κ2) is 8.52. The number of carbonyl (C=O) groups excluding carboxylic acids is 1. The first-order valence-corrected chi connectivity index (χ1v) is 7.19. The Balaban J connectivity index is 2.28. The first-order chi connectivity index (χ1) is 9.90. The summed E-state index contributed by atoms with van der Waals surface area (Å²) < 4.78 is 10.2. The summed E-state index contributed by atoms with van der Waals surface area (Å²) in [5, 5.41) is 6.01. The maximum Gasteiger partial charge on any atom is 0.407 e. The van der Waals surface area contributed by atoms with E-state index in [1.54, 1.807) is 7.11 Å². The summed E-state index contributed by atoms with van der Waals surface area (Å²) >= 11 is 0. The number of alkyl carbamates (subject to hydrolysis) is 1. The molecule has 0 unspecified atom stereocenters. The molecule has 0 saturated carbocycles. The zero-order valence-corrected chi connectivity index (χ0v) is 13.4. The molecule has 0 atom stereocenters. The Bertz CT molecular complexity index is 424. The van der Waals surface area contributed by atoms with Crippen molar-refractivity contribution in [1.29, 1.82) is 0 Å². The Morgan fingerprint density at radius 1 is 1.14 bits per heavy atom. The van der Waals surface area contributed by atoms with E-state index in [4.69, 9.17) is 9.47 Å². The van der Waals surface area contributed by atoms with E-state index in [1.807, 2.05) is 45.0 Å². The maximum absolute atomic E-state index is 11.5. The van der Waals surface area contributed by atoms with Gasteiger partial charge in [0.2, 0.25) is 0 Å². The molecular weight excluding hydrogens is 268 g/mol. The zero-order chi connectivity index (χ0) is 15.7. The second-order valence-electron chi connectivity index (χ2n) is 5.80. The molecule has 1 amide bonds. The molecule has 0 aliphatic heterocycles. The van der Waals surface area contributed by atoms with Crippen LogP contribution in [0.15, 0.2) is 24.3 Å². The predicted molar refractivity (Wildman–Crippen MR) is 84.7 cm³/mol. The molecule has 0 saturated heterocycles. The van der Waals surface area contributed by atoms with E-state index in [1.165, 1.54) is 5.56 Å². The van der Waals surface area contributed by atoms with Crippen molar-refractivity contribution in [1.82, 2.24) is 5.32 Å². The van der Waals surface area contributed by atoms with Crippen LogP contribution >= 0.6 is 0 Å². The molecule has 0 heterocycles. The van der Waals surface area contributed by atoms with Crippen molar-refractivity contribution in [3.05, 3.63) is 29.8 Å². The third-order valence-corrected chi connectivity index (χ3v) is 2.67. The fourth-order valence-corrected chi connectivity index (χ4v) is 1.71. The summed E-state index contributed by atoms with van der Waals surface area (Å²) in [6.07, 6.45) is 0.401. The van der Waals surface area contributed by atoms with Crippen molar-refractivity contribution in [3.63, 3.8) is 0 Å². The predicted octanol–water partition coefficient (Wildman–Crippen LogP) is 2.81.